The summed E-state index contributed by atoms with van der Waals surface area (Å²) >= 11 is 0. The summed E-state index contributed by atoms with van der Waals surface area (Å²) in [7, 11) is 2.93. The second-order valence-electron chi connectivity index (χ2n) is 7.59. The van der Waals surface area contributed by atoms with Crippen molar-refractivity contribution in [3.63, 3.8) is 0 Å². The van der Waals surface area contributed by atoms with Crippen LogP contribution >= 0.6 is 0 Å². The Morgan fingerprint density at radius 3 is 2.37 bits per heavy atom. The molecule has 0 bridgehead atoms. The predicted octanol–water partition coefficient (Wildman–Crippen LogP) is 1.81. The molecule has 2 aromatic carbocycles. The van der Waals surface area contributed by atoms with E-state index in [1.165, 1.54) is 37.4 Å². The van der Waals surface area contributed by atoms with Crippen LogP contribution in [0.3, 0.4) is 0 Å². The quantitative estimate of drug-likeness (QED) is 0.445. The fourth-order valence-corrected chi connectivity index (χ4v) is 3.82. The van der Waals surface area contributed by atoms with E-state index in [4.69, 9.17) is 14.2 Å². The van der Waals surface area contributed by atoms with Crippen molar-refractivity contribution in [3.05, 3.63) is 48.0 Å². The Hall–Kier alpha value is -4.48. The van der Waals surface area contributed by atoms with E-state index in [0.29, 0.717) is 28.4 Å². The molecule has 1 saturated heterocycles. The third-order valence-electron chi connectivity index (χ3n) is 5.47. The molecule has 2 heterocycles. The second kappa shape index (κ2) is 9.79. The molecule has 12 nitrogen and oxygen atoms in total. The lowest BCUT2D eigenvalue weighted by atomic mass is 10.1. The van der Waals surface area contributed by atoms with Gasteiger partial charge in [-0.05, 0) is 43.3 Å². The lowest BCUT2D eigenvalue weighted by Crippen LogP contribution is -2.43. The van der Waals surface area contributed by atoms with Gasteiger partial charge < -0.3 is 19.5 Å². The summed E-state index contributed by atoms with van der Waals surface area (Å²) in [5, 5.41) is 11.7. The Labute approximate surface area is 200 Å². The van der Waals surface area contributed by atoms with Gasteiger partial charge >= 0.3 is 5.97 Å². The maximum atomic E-state index is 13.2. The highest BCUT2D eigenvalue weighted by Crippen LogP contribution is 2.36. The molecule has 3 amide bonds. The Morgan fingerprint density at radius 2 is 1.71 bits per heavy atom. The van der Waals surface area contributed by atoms with Crippen LogP contribution in [0, 0.1) is 0 Å². The van der Waals surface area contributed by atoms with Crippen LogP contribution in [0.4, 0.5) is 11.4 Å². The molecule has 0 saturated carbocycles. The van der Waals surface area contributed by atoms with Crippen LogP contribution in [0.25, 0.3) is 0 Å². The van der Waals surface area contributed by atoms with Gasteiger partial charge in [0.15, 0.2) is 23.6 Å². The molecule has 1 N–H and O–H groups in total. The van der Waals surface area contributed by atoms with Gasteiger partial charge in [0.25, 0.3) is 11.8 Å². The van der Waals surface area contributed by atoms with Crippen molar-refractivity contribution < 1.29 is 33.4 Å². The fraction of sp³-hybridized carbons (Fsp3) is 0.304. The molecule has 0 aromatic heterocycles. The molecule has 12 heteroatoms. The van der Waals surface area contributed by atoms with Gasteiger partial charge in [0.1, 0.15) is 6.54 Å². The summed E-state index contributed by atoms with van der Waals surface area (Å²) in [4.78, 5) is 51.4. The highest BCUT2D eigenvalue weighted by atomic mass is 16.5. The van der Waals surface area contributed by atoms with E-state index in [9.17, 15) is 19.2 Å². The van der Waals surface area contributed by atoms with Crippen LogP contribution < -0.4 is 19.7 Å². The van der Waals surface area contributed by atoms with Crippen LogP contribution in [-0.2, 0) is 19.1 Å². The van der Waals surface area contributed by atoms with E-state index in [2.05, 4.69) is 15.7 Å². The van der Waals surface area contributed by atoms with Gasteiger partial charge in [-0.25, -0.2) is 9.69 Å². The summed E-state index contributed by atoms with van der Waals surface area (Å²) in [6, 6.07) is 8.75. The Kier molecular flexibility index (Phi) is 6.62. The van der Waals surface area contributed by atoms with Gasteiger partial charge in [-0.3, -0.25) is 19.4 Å². The number of amides is 3. The van der Waals surface area contributed by atoms with E-state index in [1.54, 1.807) is 31.2 Å². The van der Waals surface area contributed by atoms with Crippen molar-refractivity contribution in [2.45, 2.75) is 19.0 Å². The Bertz CT molecular complexity index is 1200. The lowest BCUT2D eigenvalue weighted by molar-refractivity contribution is -0.123. The number of fused-ring (bicyclic) bond motifs is 1. The third-order valence-corrected chi connectivity index (χ3v) is 5.47. The molecule has 35 heavy (non-hydrogen) atoms. The first-order chi connectivity index (χ1) is 16.9. The summed E-state index contributed by atoms with van der Waals surface area (Å²) in [6.45, 7) is 1.67. The Morgan fingerprint density at radius 1 is 1.00 bits per heavy atom. The molecule has 2 aliphatic heterocycles. The second-order valence-corrected chi connectivity index (χ2v) is 7.59. The zero-order valence-electron chi connectivity index (χ0n) is 19.3. The first-order valence-electron chi connectivity index (χ1n) is 10.7. The number of benzene rings is 2. The number of hydrogen-bond donors (Lipinski definition) is 1. The monoisotopic (exact) mass is 481 g/mol. The zero-order chi connectivity index (χ0) is 25.1. The van der Waals surface area contributed by atoms with Gasteiger partial charge in [-0.2, -0.15) is 5.11 Å². The standard InChI is InChI=1S/C23H23N5O7/c1-4-35-23(32)13-5-7-14(8-6-13)24-18(29)12-27-20-19(25-26-27)21(30)28(22(20)31)15-9-10-16(33-2)17(11-15)34-3/h5-11,19-20H,4,12H2,1-3H3,(H,24,29). The number of methoxy groups -OCH3 is 2. The van der Waals surface area contributed by atoms with Gasteiger partial charge in [0, 0.05) is 11.8 Å². The maximum absolute atomic E-state index is 13.2. The summed E-state index contributed by atoms with van der Waals surface area (Å²) < 4.78 is 15.4. The van der Waals surface area contributed by atoms with E-state index in [-0.39, 0.29) is 13.2 Å². The van der Waals surface area contributed by atoms with E-state index in [0.717, 1.165) is 4.90 Å². The Balaban J connectivity index is 1.44. The number of imide groups is 1. The third kappa shape index (κ3) is 4.50. The van der Waals surface area contributed by atoms with Gasteiger partial charge in [-0.15, -0.1) is 0 Å². The number of esters is 1. The average Bonchev–Trinajstić information content (AvgIpc) is 3.38. The molecule has 0 radical (unpaired) electrons. The fourth-order valence-electron chi connectivity index (χ4n) is 3.82. The lowest BCUT2D eigenvalue weighted by Gasteiger charge is -2.20. The molecular formula is C23H23N5O7. The number of rotatable bonds is 8. The van der Waals surface area contributed by atoms with Crippen LogP contribution in [0.1, 0.15) is 17.3 Å². The maximum Gasteiger partial charge on any atom is 0.338 e. The van der Waals surface area contributed by atoms with Crippen molar-refractivity contribution in [2.24, 2.45) is 10.3 Å². The van der Waals surface area contributed by atoms with Gasteiger partial charge in [0.05, 0.1) is 32.1 Å². The molecule has 4 rings (SSSR count). The van der Waals surface area contributed by atoms with Crippen LogP contribution in [-0.4, -0.2) is 68.2 Å². The smallest absolute Gasteiger partial charge is 0.338 e. The number of ether oxygens (including phenoxy) is 3. The van der Waals surface area contributed by atoms with Crippen LogP contribution in [0.5, 0.6) is 11.5 Å². The van der Waals surface area contributed by atoms with Gasteiger partial charge in [-0.1, -0.05) is 5.22 Å². The number of carbonyl (C=O) groups excluding carboxylic acids is 4. The van der Waals surface area contributed by atoms with Crippen LogP contribution in [0.2, 0.25) is 0 Å². The number of carbonyl (C=O) groups is 4. The molecule has 182 valence electrons. The molecule has 2 aromatic rings. The summed E-state index contributed by atoms with van der Waals surface area (Å²) in [5.74, 6) is -1.23. The van der Waals surface area contributed by atoms with Gasteiger partial charge in [0.2, 0.25) is 5.91 Å². The minimum atomic E-state index is -1.05. The molecule has 2 atom stereocenters. The predicted molar refractivity (Wildman–Crippen MR) is 122 cm³/mol. The minimum absolute atomic E-state index is 0.258. The zero-order valence-corrected chi connectivity index (χ0v) is 19.3. The first kappa shape index (κ1) is 23.7. The molecule has 1 fully saturated rings. The minimum Gasteiger partial charge on any atom is -0.493 e. The van der Waals surface area contributed by atoms with Crippen LogP contribution in [0.15, 0.2) is 52.8 Å². The van der Waals surface area contributed by atoms with E-state index >= 15 is 0 Å². The highest BCUT2D eigenvalue weighted by molar-refractivity contribution is 6.25. The molecule has 2 aliphatic rings. The average molecular weight is 481 g/mol. The van der Waals surface area contributed by atoms with Crippen molar-refractivity contribution in [3.8, 4) is 11.5 Å². The number of nitrogens with one attached hydrogen (secondary N) is 1. The molecular weight excluding hydrogens is 458 g/mol. The molecule has 0 spiro atoms. The number of hydrogen-bond acceptors (Lipinski definition) is 10. The first-order valence-corrected chi connectivity index (χ1v) is 10.7. The summed E-state index contributed by atoms with van der Waals surface area (Å²) in [5.41, 5.74) is 1.09. The normalized spacial score (nSPS) is 18.5. The number of anilines is 2. The topological polar surface area (TPSA) is 139 Å². The number of nitrogens with zero attached hydrogens (tertiary/aromatic N) is 4. The molecule has 2 unspecified atom stereocenters. The van der Waals surface area contributed by atoms with Crippen molar-refractivity contribution in [1.82, 2.24) is 5.01 Å². The SMILES string of the molecule is CCOC(=O)c1ccc(NC(=O)CN2N=NC3C(=O)N(c4ccc(OC)c(OC)c4)C(=O)C32)cc1. The van der Waals surface area contributed by atoms with E-state index < -0.39 is 35.8 Å². The van der Waals surface area contributed by atoms with Crippen molar-refractivity contribution in [1.29, 1.82) is 0 Å². The molecule has 0 aliphatic carbocycles. The largest absolute Gasteiger partial charge is 0.493 e. The van der Waals surface area contributed by atoms with Crippen molar-refractivity contribution >= 4 is 35.1 Å². The summed E-state index contributed by atoms with van der Waals surface area (Å²) in [6.07, 6.45) is 0. The van der Waals surface area contributed by atoms with Crippen molar-refractivity contribution in [2.75, 3.05) is 37.6 Å². The van der Waals surface area contributed by atoms with E-state index in [1.807, 2.05) is 0 Å². The highest BCUT2D eigenvalue weighted by Gasteiger charge is 2.55.